The number of methoxy groups -OCH3 is 1. The van der Waals surface area contributed by atoms with Gasteiger partial charge in [0.2, 0.25) is 0 Å². The molecular weight excluding hydrogens is 474 g/mol. The van der Waals surface area contributed by atoms with E-state index in [-0.39, 0.29) is 22.7 Å². The highest BCUT2D eigenvalue weighted by atomic mass is 32.2. The summed E-state index contributed by atoms with van der Waals surface area (Å²) in [5.74, 6) is -1.04. The number of carbonyl (C=O) groups is 2. The van der Waals surface area contributed by atoms with Gasteiger partial charge in [-0.25, -0.2) is 8.42 Å². The first-order valence-corrected chi connectivity index (χ1v) is 12.5. The average molecular weight is 496 g/mol. The molecule has 0 spiro atoms. The Morgan fingerprint density at radius 1 is 1.03 bits per heavy atom. The molecule has 4 rings (SSSR count). The van der Waals surface area contributed by atoms with Crippen LogP contribution in [0.4, 0.5) is 5.69 Å². The van der Waals surface area contributed by atoms with Gasteiger partial charge in [-0.1, -0.05) is 47.2 Å². The number of aryl methyl sites for hydroxylation is 1. The van der Waals surface area contributed by atoms with Crippen LogP contribution in [0.5, 0.6) is 0 Å². The van der Waals surface area contributed by atoms with Gasteiger partial charge in [0.15, 0.2) is 4.80 Å². The number of amides is 1. The summed E-state index contributed by atoms with van der Waals surface area (Å²) in [6.45, 7) is 1.77. The second-order valence-electron chi connectivity index (χ2n) is 7.43. The van der Waals surface area contributed by atoms with E-state index >= 15 is 0 Å². The van der Waals surface area contributed by atoms with E-state index in [1.807, 2.05) is 31.2 Å². The molecule has 0 radical (unpaired) electrons. The summed E-state index contributed by atoms with van der Waals surface area (Å²) in [5.41, 5.74) is 2.13. The number of hydrogen-bond acceptors (Lipinski definition) is 6. The van der Waals surface area contributed by atoms with Gasteiger partial charge in [0, 0.05) is 11.3 Å². The number of hydrogen-bond donors (Lipinski definition) is 1. The number of aromatic nitrogens is 1. The summed E-state index contributed by atoms with van der Waals surface area (Å²) in [6, 6.07) is 20.0. The molecule has 1 aromatic heterocycles. The molecule has 0 aliphatic rings. The highest BCUT2D eigenvalue weighted by molar-refractivity contribution is 7.92. The van der Waals surface area contributed by atoms with Crippen molar-refractivity contribution in [2.45, 2.75) is 18.4 Å². The molecular formula is C24H21N3O5S2. The smallest absolute Gasteiger partial charge is 0.325 e. The van der Waals surface area contributed by atoms with Crippen molar-refractivity contribution in [3.8, 4) is 0 Å². The summed E-state index contributed by atoms with van der Waals surface area (Å²) < 4.78 is 35.1. The van der Waals surface area contributed by atoms with Crippen LogP contribution >= 0.6 is 11.3 Å². The lowest BCUT2D eigenvalue weighted by atomic mass is 10.2. The van der Waals surface area contributed by atoms with Crippen molar-refractivity contribution in [1.29, 1.82) is 0 Å². The predicted octanol–water partition coefficient (Wildman–Crippen LogP) is 3.73. The van der Waals surface area contributed by atoms with Crippen LogP contribution in [0.1, 0.15) is 15.9 Å². The molecule has 1 amide bonds. The number of rotatable bonds is 6. The SMILES string of the molecule is COC(=O)Cn1c(=NC(=O)c2cccc(NS(=O)(=O)c3ccc(C)cc3)c2)sc2ccccc21. The summed E-state index contributed by atoms with van der Waals surface area (Å²) in [6.07, 6.45) is 0. The van der Waals surface area contributed by atoms with E-state index in [9.17, 15) is 18.0 Å². The predicted molar refractivity (Wildman–Crippen MR) is 130 cm³/mol. The number of ether oxygens (including phenoxy) is 1. The summed E-state index contributed by atoms with van der Waals surface area (Å²) in [5, 5.41) is 0. The van der Waals surface area contributed by atoms with Gasteiger partial charge < -0.3 is 9.30 Å². The lowest BCUT2D eigenvalue weighted by molar-refractivity contribution is -0.141. The second kappa shape index (κ2) is 9.62. The van der Waals surface area contributed by atoms with Crippen LogP contribution in [0.15, 0.2) is 82.7 Å². The van der Waals surface area contributed by atoms with Crippen LogP contribution in [-0.2, 0) is 26.1 Å². The van der Waals surface area contributed by atoms with Gasteiger partial charge in [-0.2, -0.15) is 4.99 Å². The van der Waals surface area contributed by atoms with Crippen LogP contribution < -0.4 is 9.52 Å². The second-order valence-corrected chi connectivity index (χ2v) is 10.1. The van der Waals surface area contributed by atoms with Gasteiger partial charge in [0.25, 0.3) is 15.9 Å². The Hall–Kier alpha value is -3.76. The van der Waals surface area contributed by atoms with Gasteiger partial charge in [0.05, 0.1) is 22.2 Å². The molecule has 34 heavy (non-hydrogen) atoms. The van der Waals surface area contributed by atoms with Crippen LogP contribution in [0, 0.1) is 6.92 Å². The van der Waals surface area contributed by atoms with Crippen LogP contribution in [0.25, 0.3) is 10.2 Å². The zero-order valence-electron chi connectivity index (χ0n) is 18.4. The lowest BCUT2D eigenvalue weighted by Gasteiger charge is -2.09. The molecule has 0 aliphatic carbocycles. The van der Waals surface area contributed by atoms with Crippen molar-refractivity contribution in [2.75, 3.05) is 11.8 Å². The number of anilines is 1. The molecule has 174 valence electrons. The number of carbonyl (C=O) groups excluding carboxylic acids is 2. The van der Waals surface area contributed by atoms with Gasteiger partial charge >= 0.3 is 5.97 Å². The Morgan fingerprint density at radius 2 is 1.76 bits per heavy atom. The topological polar surface area (TPSA) is 107 Å². The first-order valence-electron chi connectivity index (χ1n) is 10.2. The number of fused-ring (bicyclic) bond motifs is 1. The molecule has 0 unspecified atom stereocenters. The Morgan fingerprint density at radius 3 is 2.50 bits per heavy atom. The Kier molecular flexibility index (Phi) is 6.62. The first-order chi connectivity index (χ1) is 16.3. The minimum Gasteiger partial charge on any atom is -0.468 e. The van der Waals surface area contributed by atoms with Crippen molar-refractivity contribution in [2.24, 2.45) is 4.99 Å². The van der Waals surface area contributed by atoms with Crippen molar-refractivity contribution < 1.29 is 22.7 Å². The quantitative estimate of drug-likeness (QED) is 0.410. The maximum atomic E-state index is 13.0. The highest BCUT2D eigenvalue weighted by Crippen LogP contribution is 2.19. The fourth-order valence-corrected chi connectivity index (χ4v) is 5.33. The number of esters is 1. The van der Waals surface area contributed by atoms with E-state index in [4.69, 9.17) is 4.74 Å². The minimum atomic E-state index is -3.82. The molecule has 1 heterocycles. The number of para-hydroxylation sites is 1. The van der Waals surface area contributed by atoms with Crippen LogP contribution in [0.2, 0.25) is 0 Å². The van der Waals surface area contributed by atoms with E-state index in [2.05, 4.69) is 9.71 Å². The molecule has 0 fully saturated rings. The fraction of sp³-hybridized carbons (Fsp3) is 0.125. The standard InChI is InChI=1S/C24H21N3O5S2/c1-16-10-12-19(13-11-16)34(30,31)26-18-7-5-6-17(14-18)23(29)25-24-27(15-22(28)32-2)20-8-3-4-9-21(20)33-24/h3-14,26H,15H2,1-2H3. The maximum Gasteiger partial charge on any atom is 0.325 e. The molecule has 0 saturated carbocycles. The molecule has 3 aromatic carbocycles. The molecule has 0 bridgehead atoms. The molecule has 8 nitrogen and oxygen atoms in total. The number of sulfonamides is 1. The van der Waals surface area contributed by atoms with E-state index in [1.54, 1.807) is 34.9 Å². The minimum absolute atomic E-state index is 0.0942. The normalized spacial score (nSPS) is 12.0. The monoisotopic (exact) mass is 495 g/mol. The van der Waals surface area contributed by atoms with Gasteiger partial charge in [0.1, 0.15) is 6.54 Å². The third-order valence-electron chi connectivity index (χ3n) is 4.99. The molecule has 10 heteroatoms. The fourth-order valence-electron chi connectivity index (χ4n) is 3.25. The zero-order valence-corrected chi connectivity index (χ0v) is 20.0. The molecule has 0 saturated heterocycles. The third-order valence-corrected chi connectivity index (χ3v) is 7.45. The van der Waals surface area contributed by atoms with Gasteiger partial charge in [-0.3, -0.25) is 14.3 Å². The first kappa shape index (κ1) is 23.4. The van der Waals surface area contributed by atoms with E-state index in [0.717, 1.165) is 15.8 Å². The zero-order chi connectivity index (χ0) is 24.3. The van der Waals surface area contributed by atoms with Crippen molar-refractivity contribution >= 4 is 49.1 Å². The number of nitrogens with zero attached hydrogens (tertiary/aromatic N) is 2. The molecule has 0 aliphatic heterocycles. The number of benzene rings is 3. The Labute approximate surface area is 200 Å². The van der Waals surface area contributed by atoms with Crippen molar-refractivity contribution in [3.63, 3.8) is 0 Å². The molecule has 1 N–H and O–H groups in total. The van der Waals surface area contributed by atoms with Crippen molar-refractivity contribution in [1.82, 2.24) is 4.57 Å². The summed E-state index contributed by atoms with van der Waals surface area (Å²) in [4.78, 5) is 29.5. The number of thiazole rings is 1. The van der Waals surface area contributed by atoms with Gasteiger partial charge in [-0.05, 0) is 49.4 Å². The highest BCUT2D eigenvalue weighted by Gasteiger charge is 2.16. The lowest BCUT2D eigenvalue weighted by Crippen LogP contribution is -2.22. The van der Waals surface area contributed by atoms with Crippen LogP contribution in [0.3, 0.4) is 0 Å². The summed E-state index contributed by atoms with van der Waals surface area (Å²) in [7, 11) is -2.52. The largest absolute Gasteiger partial charge is 0.468 e. The van der Waals surface area contributed by atoms with Crippen LogP contribution in [-0.4, -0.2) is 32.0 Å². The summed E-state index contributed by atoms with van der Waals surface area (Å²) >= 11 is 1.27. The molecule has 4 aromatic rings. The van der Waals surface area contributed by atoms with E-state index in [1.165, 1.54) is 36.6 Å². The van der Waals surface area contributed by atoms with E-state index in [0.29, 0.717) is 4.80 Å². The van der Waals surface area contributed by atoms with E-state index < -0.39 is 21.9 Å². The maximum absolute atomic E-state index is 13.0. The molecule has 0 atom stereocenters. The number of nitrogens with one attached hydrogen (secondary N) is 1. The Balaban J connectivity index is 1.67. The van der Waals surface area contributed by atoms with Crippen molar-refractivity contribution in [3.05, 3.63) is 88.7 Å². The van der Waals surface area contributed by atoms with Gasteiger partial charge in [-0.15, -0.1) is 0 Å². The third kappa shape index (κ3) is 5.08. The average Bonchev–Trinajstić information content (AvgIpc) is 3.15. The Bertz CT molecular complexity index is 1550.